The van der Waals surface area contributed by atoms with Gasteiger partial charge in [0.05, 0.1) is 0 Å². The second-order valence-corrected chi connectivity index (χ2v) is 51.3. The van der Waals surface area contributed by atoms with E-state index in [1.807, 2.05) is 14.1 Å². The van der Waals surface area contributed by atoms with E-state index < -0.39 is 14.4 Å². The molecule has 14 rings (SSSR count). The Balaban J connectivity index is 0.00000101. The molecule has 0 amide bonds. The molecule has 5 unspecified atom stereocenters. The molecule has 1 spiro atoms. The van der Waals surface area contributed by atoms with Crippen LogP contribution in [-0.2, 0) is 6.51 Å². The van der Waals surface area contributed by atoms with E-state index in [4.69, 9.17) is 0 Å². The van der Waals surface area contributed by atoms with Crippen LogP contribution in [0.25, 0.3) is 0 Å². The number of benzene rings is 4. The van der Waals surface area contributed by atoms with Gasteiger partial charge in [0.1, 0.15) is 0 Å². The standard InChI is InChI=1S/C43H51P2.C5H5.C2H7N.Fe/c1-29(2)34-23-35(30(3)4)26-40(25-34)44(41-27-36(31(5)6)24-37(28-41)32(7)8)33(9)42-21-16-22-43(42)45(38-17-12-10-13-18-38)39-19-14-11-15-20-39;1-2-4-5-3-1;1-3-2;/h10-33H,1-9H3;1-5H;3H,1-2H3;. The molecular weight excluding hydrogens is 732 g/mol. The third-order valence-electron chi connectivity index (χ3n) is 23.4. The van der Waals surface area contributed by atoms with Gasteiger partial charge in [0.15, 0.2) is 0 Å². The third-order valence-corrected chi connectivity index (χ3v) is 76.6. The quantitative estimate of drug-likeness (QED) is 0.118. The molecular formula is C50H63FeNP2. The zero-order valence-corrected chi connectivity index (χ0v) is 37.4. The molecule has 1 nitrogen and oxygen atoms in total. The summed E-state index contributed by atoms with van der Waals surface area (Å²) < 4.78 is 1.41. The van der Waals surface area contributed by atoms with E-state index in [9.17, 15) is 0 Å². The molecule has 0 saturated carbocycles. The van der Waals surface area contributed by atoms with Gasteiger partial charge < -0.3 is 5.32 Å². The van der Waals surface area contributed by atoms with Crippen molar-refractivity contribution < 1.29 is 6.51 Å². The average molecular weight is 796 g/mol. The van der Waals surface area contributed by atoms with E-state index in [1.54, 1.807) is 43.5 Å². The summed E-state index contributed by atoms with van der Waals surface area (Å²) in [5, 5.41) is 9.65. The Labute approximate surface area is 319 Å². The molecule has 0 aliphatic carbocycles. The van der Waals surface area contributed by atoms with Crippen molar-refractivity contribution in [3.63, 3.8) is 0 Å². The minimum absolute atomic E-state index is 0.368. The first kappa shape index (κ1) is 33.2. The number of fused-ring (bicyclic) bond motifs is 10. The zero-order chi connectivity index (χ0) is 37.6. The van der Waals surface area contributed by atoms with Gasteiger partial charge in [-0.05, 0) is 14.1 Å². The maximum Gasteiger partial charge on any atom is -0.0167 e. The van der Waals surface area contributed by atoms with Crippen LogP contribution in [0.4, 0.5) is 0 Å². The number of nitrogens with one attached hydrogen (secondary N) is 1. The molecule has 10 aliphatic heterocycles. The van der Waals surface area contributed by atoms with Crippen LogP contribution >= 0.6 is 15.8 Å². The monoisotopic (exact) mass is 795 g/mol. The largest absolute Gasteiger partial charge is 0.323 e. The molecule has 10 fully saturated rings. The van der Waals surface area contributed by atoms with Gasteiger partial charge in [0, 0.05) is 0 Å². The fourth-order valence-electron chi connectivity index (χ4n) is 23.8. The molecule has 0 radical (unpaired) electrons. The van der Waals surface area contributed by atoms with Gasteiger partial charge in [-0.15, -0.1) is 0 Å². The second-order valence-electron chi connectivity index (χ2n) is 22.7. The predicted octanol–water partition coefficient (Wildman–Crippen LogP) is 12.6. The van der Waals surface area contributed by atoms with Crippen LogP contribution < -0.4 is 26.5 Å². The molecule has 10 saturated heterocycles. The van der Waals surface area contributed by atoms with Gasteiger partial charge in [-0.3, -0.25) is 0 Å². The molecule has 1 N–H and O–H groups in total. The van der Waals surface area contributed by atoms with Crippen molar-refractivity contribution in [1.29, 1.82) is 0 Å². The van der Waals surface area contributed by atoms with E-state index in [0.717, 1.165) is 5.66 Å². The molecule has 4 aromatic rings. The Morgan fingerprint density at radius 1 is 0.481 bits per heavy atom. The van der Waals surface area contributed by atoms with Gasteiger partial charge >= 0.3 is 301 Å². The fraction of sp³-hybridized carbons (Fsp3) is 0.520. The summed E-state index contributed by atoms with van der Waals surface area (Å²) in [6, 6.07) is 40.6. The first-order valence-corrected chi connectivity index (χ1v) is 30.4. The summed E-state index contributed by atoms with van der Waals surface area (Å²) in [5.41, 5.74) is 7.04. The first-order chi connectivity index (χ1) is 25.7. The summed E-state index contributed by atoms with van der Waals surface area (Å²) in [6.45, 7) is 18.4. The average Bonchev–Trinajstić information content (AvgIpc) is 4.11. The zero-order valence-electron chi connectivity index (χ0n) is 34.5. The van der Waals surface area contributed by atoms with Gasteiger partial charge in [-0.2, -0.15) is 0 Å². The fourth-order valence-corrected chi connectivity index (χ4v) is 121. The summed E-state index contributed by atoms with van der Waals surface area (Å²) in [4.78, 5) is 10.1. The van der Waals surface area contributed by atoms with Gasteiger partial charge in [0.25, 0.3) is 0 Å². The van der Waals surface area contributed by atoms with Crippen LogP contribution in [0, 0.1) is 0 Å². The van der Waals surface area contributed by atoms with E-state index in [1.165, 1.54) is 38.5 Å². The molecule has 10 heterocycles. The van der Waals surface area contributed by atoms with Crippen molar-refractivity contribution in [2.24, 2.45) is 0 Å². The Bertz CT molecular complexity index is 2480. The van der Waals surface area contributed by atoms with Crippen molar-refractivity contribution >= 4 is 37.1 Å². The van der Waals surface area contributed by atoms with Crippen LogP contribution in [0.5, 0.6) is 0 Å². The van der Waals surface area contributed by atoms with Crippen LogP contribution in [-0.4, -0.2) is 23.8 Å². The van der Waals surface area contributed by atoms with E-state index in [2.05, 4.69) is 165 Å². The van der Waals surface area contributed by atoms with E-state index in [0.29, 0.717) is 32.0 Å². The summed E-state index contributed by atoms with van der Waals surface area (Å²) in [7, 11) is 2.85. The molecule has 4 aromatic carbocycles. The Kier molecular flexibility index (Phi) is 3.98. The summed E-state index contributed by atoms with van der Waals surface area (Å²) >= 11 is 0. The van der Waals surface area contributed by atoms with Crippen molar-refractivity contribution in [3.8, 4) is 0 Å². The Morgan fingerprint density at radius 3 is 1.13 bits per heavy atom. The Morgan fingerprint density at radius 2 is 0.833 bits per heavy atom. The second kappa shape index (κ2) is 6.48. The SMILES string of the molecule is CC(C)c1cc(C(C)C)cc(P(c2cc(C(C)C)cc(C(C)C)c2)C(C)[C@]23[CH]4[CH]5[CH]6[C]2(P(c2ccccc2)c2ccccc2)[Fe]56432789[CH]3[CH]2[CH]7[CH]8[CH]39)c1.CNC. The van der Waals surface area contributed by atoms with Gasteiger partial charge in [-0.25, -0.2) is 0 Å². The topological polar surface area (TPSA) is 12.0 Å². The molecule has 6 atom stereocenters. The minimum Gasteiger partial charge on any atom is -0.323 e. The van der Waals surface area contributed by atoms with Crippen LogP contribution in [0.1, 0.15) is 108 Å². The predicted molar refractivity (Wildman–Crippen MR) is 234 cm³/mol. The molecule has 4 heteroatoms. The first-order valence-electron chi connectivity index (χ1n) is 21.4. The molecule has 0 aromatic heterocycles. The molecule has 0 bridgehead atoms. The van der Waals surface area contributed by atoms with Crippen molar-refractivity contribution in [2.75, 3.05) is 14.1 Å². The van der Waals surface area contributed by atoms with E-state index >= 15 is 0 Å². The van der Waals surface area contributed by atoms with Gasteiger partial charge in [-0.1, -0.05) is 0 Å². The van der Waals surface area contributed by atoms with Crippen molar-refractivity contribution in [1.82, 2.24) is 5.32 Å². The van der Waals surface area contributed by atoms with Gasteiger partial charge in [0.2, 0.25) is 0 Å². The maximum atomic E-state index is 2.92. The Hall–Kier alpha value is -1.78. The summed E-state index contributed by atoms with van der Waals surface area (Å²) in [5.74, 6) is 2.18. The van der Waals surface area contributed by atoms with E-state index in [-0.39, 0.29) is 7.92 Å². The molecule has 54 heavy (non-hydrogen) atoms. The number of hydrogen-bond acceptors (Lipinski definition) is 1. The van der Waals surface area contributed by atoms with Crippen LogP contribution in [0.3, 0.4) is 0 Å². The third kappa shape index (κ3) is 1.24. The summed E-state index contributed by atoms with van der Waals surface area (Å²) in [6.07, 6.45) is 0. The number of hydrogen-bond donors (Lipinski definition) is 1. The van der Waals surface area contributed by atoms with Crippen molar-refractivity contribution in [3.05, 3.63) is 119 Å². The van der Waals surface area contributed by atoms with Crippen LogP contribution in [0.15, 0.2) is 97.1 Å². The van der Waals surface area contributed by atoms with Crippen molar-refractivity contribution in [2.45, 2.75) is 139 Å². The normalized spacial score (nSPS) is 47.8. The molecule has 286 valence electrons. The number of rotatable bonds is 11. The molecule has 10 aliphatic rings. The minimum atomic E-state index is -3.99. The maximum absolute atomic E-state index is 3.99. The smallest absolute Gasteiger partial charge is 0.0167 e. The van der Waals surface area contributed by atoms with Crippen LogP contribution in [0.2, 0.25) is 42.8 Å².